The van der Waals surface area contributed by atoms with Gasteiger partial charge in [0.15, 0.2) is 5.78 Å². The maximum Gasteiger partial charge on any atom is 0.203 e. The topological polar surface area (TPSA) is 50.8 Å². The second-order valence-electron chi connectivity index (χ2n) is 7.14. The normalized spacial score (nSPS) is 11.8. The molecule has 0 saturated carbocycles. The maximum atomic E-state index is 12.5. The molecule has 3 aromatic rings. The van der Waals surface area contributed by atoms with E-state index in [1.54, 1.807) is 0 Å². The highest BCUT2D eigenvalue weighted by Crippen LogP contribution is 2.19. The number of ketones is 1. The first-order chi connectivity index (χ1) is 11.4. The van der Waals surface area contributed by atoms with Gasteiger partial charge in [0.1, 0.15) is 0 Å². The largest absolute Gasteiger partial charge is 0.306 e. The first kappa shape index (κ1) is 16.2. The molecule has 0 spiro atoms. The summed E-state index contributed by atoms with van der Waals surface area (Å²) < 4.78 is 3.77. The number of imidazole rings is 1. The summed E-state index contributed by atoms with van der Waals surface area (Å²) >= 11 is 0. The first-order valence-corrected chi connectivity index (χ1v) is 8.18. The Hall–Kier alpha value is -2.62. The Morgan fingerprint density at radius 3 is 2.04 bits per heavy atom. The molecular formula is C20H23N3O. The highest BCUT2D eigenvalue weighted by molar-refractivity contribution is 5.85. The van der Waals surface area contributed by atoms with E-state index >= 15 is 0 Å². The molecule has 4 heteroatoms. The predicted molar refractivity (Wildman–Crippen MR) is 95.8 cm³/mol. The number of aromatic nitrogens is 2. The summed E-state index contributed by atoms with van der Waals surface area (Å²) in [7, 11) is 0. The summed E-state index contributed by atoms with van der Waals surface area (Å²) in [5.41, 5.74) is 2.99. The zero-order valence-electron chi connectivity index (χ0n) is 14.4. The molecule has 3 rings (SSSR count). The lowest BCUT2D eigenvalue weighted by Gasteiger charge is -2.17. The van der Waals surface area contributed by atoms with Crippen molar-refractivity contribution in [2.24, 2.45) is 5.41 Å². The minimum Gasteiger partial charge on any atom is -0.306 e. The molecule has 24 heavy (non-hydrogen) atoms. The second-order valence-corrected chi connectivity index (χ2v) is 7.14. The molecule has 0 bridgehead atoms. The fraction of sp³-hybridized carbons (Fsp3) is 0.300. The van der Waals surface area contributed by atoms with E-state index in [0.717, 1.165) is 16.6 Å². The van der Waals surface area contributed by atoms with Crippen molar-refractivity contribution >= 4 is 16.8 Å². The van der Waals surface area contributed by atoms with Crippen LogP contribution in [0.5, 0.6) is 0 Å². The fourth-order valence-corrected chi connectivity index (χ4v) is 2.76. The average molecular weight is 321 g/mol. The lowest BCUT2D eigenvalue weighted by Crippen LogP contribution is -2.32. The van der Waals surface area contributed by atoms with Crippen LogP contribution in [0.1, 0.15) is 26.3 Å². The van der Waals surface area contributed by atoms with Gasteiger partial charge in [0.25, 0.3) is 0 Å². The summed E-state index contributed by atoms with van der Waals surface area (Å²) in [5.74, 6) is 0.128. The van der Waals surface area contributed by atoms with Crippen LogP contribution in [0.25, 0.3) is 11.0 Å². The Labute approximate surface area is 141 Å². The SMILES string of the molecule is CC(C)(C)C(=O)Cn1c(=N)n(Cc2ccccc2)c2ccccc21. The molecule has 1 heterocycles. The van der Waals surface area contributed by atoms with Crippen molar-refractivity contribution in [3.63, 3.8) is 0 Å². The lowest BCUT2D eigenvalue weighted by atomic mass is 9.91. The molecule has 0 unspecified atom stereocenters. The Bertz CT molecular complexity index is 927. The number of benzene rings is 2. The van der Waals surface area contributed by atoms with Crippen LogP contribution in [0, 0.1) is 10.8 Å². The third-order valence-electron chi connectivity index (χ3n) is 4.30. The van der Waals surface area contributed by atoms with Crippen molar-refractivity contribution in [1.82, 2.24) is 9.13 Å². The fourth-order valence-electron chi connectivity index (χ4n) is 2.76. The molecule has 124 valence electrons. The molecule has 0 aliphatic heterocycles. The summed E-state index contributed by atoms with van der Waals surface area (Å²) in [5, 5.41) is 8.60. The van der Waals surface area contributed by atoms with Gasteiger partial charge in [0.05, 0.1) is 24.1 Å². The smallest absolute Gasteiger partial charge is 0.203 e. The number of Topliss-reactive ketones (excluding diaryl/α,β-unsaturated/α-hetero) is 1. The minimum absolute atomic E-state index is 0.128. The third kappa shape index (κ3) is 3.04. The molecular weight excluding hydrogens is 298 g/mol. The van der Waals surface area contributed by atoms with E-state index < -0.39 is 5.41 Å². The van der Waals surface area contributed by atoms with Crippen LogP contribution in [-0.2, 0) is 17.9 Å². The summed E-state index contributed by atoms with van der Waals surface area (Å²) in [6, 6.07) is 18.0. The van der Waals surface area contributed by atoms with Crippen molar-refractivity contribution in [3.05, 3.63) is 65.8 Å². The molecule has 1 aromatic heterocycles. The minimum atomic E-state index is -0.415. The second kappa shape index (κ2) is 6.11. The number of rotatable bonds is 4. The van der Waals surface area contributed by atoms with Crippen LogP contribution in [0.2, 0.25) is 0 Å². The third-order valence-corrected chi connectivity index (χ3v) is 4.30. The van der Waals surface area contributed by atoms with Gasteiger partial charge in [-0.1, -0.05) is 63.2 Å². The molecule has 0 fully saturated rings. The van der Waals surface area contributed by atoms with Crippen LogP contribution in [0.3, 0.4) is 0 Å². The van der Waals surface area contributed by atoms with Crippen molar-refractivity contribution in [2.75, 3.05) is 0 Å². The number of nitrogens with one attached hydrogen (secondary N) is 1. The maximum absolute atomic E-state index is 12.5. The van der Waals surface area contributed by atoms with Crippen LogP contribution < -0.4 is 5.62 Å². The quantitative estimate of drug-likeness (QED) is 0.784. The van der Waals surface area contributed by atoms with Crippen molar-refractivity contribution in [2.45, 2.75) is 33.9 Å². The average Bonchev–Trinajstić information content (AvgIpc) is 2.81. The zero-order chi connectivity index (χ0) is 17.3. The van der Waals surface area contributed by atoms with Crippen LogP contribution in [0.15, 0.2) is 54.6 Å². The van der Waals surface area contributed by atoms with Crippen LogP contribution >= 0.6 is 0 Å². The highest BCUT2D eigenvalue weighted by Gasteiger charge is 2.23. The molecule has 4 nitrogen and oxygen atoms in total. The molecule has 0 saturated heterocycles. The number of nitrogens with zero attached hydrogens (tertiary/aromatic N) is 2. The van der Waals surface area contributed by atoms with E-state index in [1.165, 1.54) is 0 Å². The Morgan fingerprint density at radius 2 is 1.46 bits per heavy atom. The summed E-state index contributed by atoms with van der Waals surface area (Å²) in [6.07, 6.45) is 0. The van der Waals surface area contributed by atoms with Crippen LogP contribution in [0.4, 0.5) is 0 Å². The number of carbonyl (C=O) groups excluding carboxylic acids is 1. The Kier molecular flexibility index (Phi) is 4.14. The van der Waals surface area contributed by atoms with Crippen molar-refractivity contribution in [3.8, 4) is 0 Å². The van der Waals surface area contributed by atoms with E-state index in [2.05, 4.69) is 12.1 Å². The van der Waals surface area contributed by atoms with Gasteiger partial charge in [0, 0.05) is 5.41 Å². The van der Waals surface area contributed by atoms with Crippen LogP contribution in [-0.4, -0.2) is 14.9 Å². The monoisotopic (exact) mass is 321 g/mol. The number of para-hydroxylation sites is 2. The van der Waals surface area contributed by atoms with Crippen molar-refractivity contribution < 1.29 is 4.79 Å². The molecule has 0 radical (unpaired) electrons. The lowest BCUT2D eigenvalue weighted by molar-refractivity contribution is -0.126. The van der Waals surface area contributed by atoms with E-state index in [1.807, 2.05) is 72.4 Å². The Morgan fingerprint density at radius 1 is 0.917 bits per heavy atom. The van der Waals surface area contributed by atoms with Gasteiger partial charge in [-0.05, 0) is 17.7 Å². The standard InChI is InChI=1S/C20H23N3O/c1-20(2,3)18(24)14-23-17-12-8-7-11-16(17)22(19(23)21)13-15-9-5-4-6-10-15/h4-12,21H,13-14H2,1-3H3. The van der Waals surface area contributed by atoms with Gasteiger partial charge < -0.3 is 9.13 Å². The van der Waals surface area contributed by atoms with Gasteiger partial charge in [0.2, 0.25) is 5.62 Å². The predicted octanol–water partition coefficient (Wildman–Crippen LogP) is 3.59. The van der Waals surface area contributed by atoms with Gasteiger partial charge in [-0.3, -0.25) is 10.2 Å². The number of fused-ring (bicyclic) bond motifs is 1. The highest BCUT2D eigenvalue weighted by atomic mass is 16.1. The van der Waals surface area contributed by atoms with Crippen molar-refractivity contribution in [1.29, 1.82) is 5.41 Å². The van der Waals surface area contributed by atoms with E-state index in [-0.39, 0.29) is 12.3 Å². The van der Waals surface area contributed by atoms with E-state index in [4.69, 9.17) is 5.41 Å². The molecule has 0 aliphatic carbocycles. The summed E-state index contributed by atoms with van der Waals surface area (Å²) in [6.45, 7) is 6.61. The van der Waals surface area contributed by atoms with Gasteiger partial charge >= 0.3 is 0 Å². The number of carbonyl (C=O) groups is 1. The summed E-state index contributed by atoms with van der Waals surface area (Å²) in [4.78, 5) is 12.5. The van der Waals surface area contributed by atoms with Gasteiger partial charge in [-0.15, -0.1) is 0 Å². The van der Waals surface area contributed by atoms with Gasteiger partial charge in [-0.2, -0.15) is 0 Å². The molecule has 0 atom stereocenters. The Balaban J connectivity index is 2.09. The zero-order valence-corrected chi connectivity index (χ0v) is 14.4. The first-order valence-electron chi connectivity index (χ1n) is 8.18. The van der Waals surface area contributed by atoms with E-state index in [0.29, 0.717) is 12.2 Å². The molecule has 0 amide bonds. The molecule has 1 N–H and O–H groups in total. The number of hydrogen-bond donors (Lipinski definition) is 1. The van der Waals surface area contributed by atoms with E-state index in [9.17, 15) is 4.79 Å². The number of hydrogen-bond acceptors (Lipinski definition) is 2. The van der Waals surface area contributed by atoms with Gasteiger partial charge in [-0.25, -0.2) is 0 Å². The molecule has 0 aliphatic rings. The molecule has 2 aromatic carbocycles.